The van der Waals surface area contributed by atoms with E-state index in [1.807, 2.05) is 0 Å². The van der Waals surface area contributed by atoms with E-state index >= 15 is 0 Å². The molecule has 3 N–H and O–H groups in total. The minimum Gasteiger partial charge on any atom is -0.462 e. The number of carbonyl (C=O) groups excluding carboxylic acids is 2. The van der Waals surface area contributed by atoms with Gasteiger partial charge in [-0.2, -0.15) is 0 Å². The molecule has 0 fully saturated rings. The van der Waals surface area contributed by atoms with E-state index in [1.54, 1.807) is 0 Å². The number of ether oxygens (including phenoxy) is 2. The number of allylic oxidation sites excluding steroid dienone is 4. The summed E-state index contributed by atoms with van der Waals surface area (Å²) < 4.78 is 32.4. The van der Waals surface area contributed by atoms with E-state index in [1.165, 1.54) is 44.9 Å². The molecule has 0 bridgehead atoms. The molecule has 1 unspecified atom stereocenters. The van der Waals surface area contributed by atoms with Gasteiger partial charge in [0.1, 0.15) is 12.7 Å². The van der Waals surface area contributed by atoms with Crippen LogP contribution in [0.5, 0.6) is 0 Å². The van der Waals surface area contributed by atoms with Gasteiger partial charge in [-0.1, -0.05) is 115 Å². The summed E-state index contributed by atoms with van der Waals surface area (Å²) in [4.78, 5) is 34.6. The van der Waals surface area contributed by atoms with Crippen molar-refractivity contribution in [2.75, 3.05) is 26.4 Å². The van der Waals surface area contributed by atoms with Crippen molar-refractivity contribution in [1.29, 1.82) is 0 Å². The number of hydrogen-bond acceptors (Lipinski definition) is 9. The normalized spacial score (nSPS) is 14.5. The van der Waals surface area contributed by atoms with Crippen molar-refractivity contribution in [3.05, 3.63) is 24.3 Å². The van der Waals surface area contributed by atoms with Crippen LogP contribution < -0.4 is 0 Å². The Labute approximate surface area is 278 Å². The fourth-order valence-electron chi connectivity index (χ4n) is 4.55. The minimum atomic E-state index is -4.60. The lowest BCUT2D eigenvalue weighted by atomic mass is 10.1. The molecule has 0 saturated heterocycles. The lowest BCUT2D eigenvalue weighted by molar-refractivity contribution is -0.161. The van der Waals surface area contributed by atoms with E-state index < -0.39 is 51.8 Å². The molecule has 0 saturated carbocycles. The van der Waals surface area contributed by atoms with Crippen LogP contribution in [0, 0.1) is 0 Å². The van der Waals surface area contributed by atoms with Gasteiger partial charge in [-0.25, -0.2) is 4.57 Å². The van der Waals surface area contributed by atoms with E-state index in [4.69, 9.17) is 19.1 Å². The van der Waals surface area contributed by atoms with Crippen molar-refractivity contribution < 1.29 is 47.8 Å². The van der Waals surface area contributed by atoms with Gasteiger partial charge in [-0.15, -0.1) is 0 Å². The zero-order valence-electron chi connectivity index (χ0n) is 28.8. The van der Waals surface area contributed by atoms with Crippen LogP contribution in [0.4, 0.5) is 0 Å². The number of phosphoric acid groups is 1. The van der Waals surface area contributed by atoms with Gasteiger partial charge in [0.15, 0.2) is 6.10 Å². The van der Waals surface area contributed by atoms with E-state index in [9.17, 15) is 24.2 Å². The monoisotopic (exact) mass is 676 g/mol. The Morgan fingerprint density at radius 2 is 1.13 bits per heavy atom. The second-order valence-corrected chi connectivity index (χ2v) is 13.4. The number of esters is 2. The number of aliphatic hydroxyl groups is 2. The first-order chi connectivity index (χ1) is 22.2. The van der Waals surface area contributed by atoms with Crippen LogP contribution >= 0.6 is 7.82 Å². The highest BCUT2D eigenvalue weighted by molar-refractivity contribution is 7.47. The first-order valence-corrected chi connectivity index (χ1v) is 19.3. The van der Waals surface area contributed by atoms with Crippen molar-refractivity contribution in [2.24, 2.45) is 0 Å². The summed E-state index contributed by atoms with van der Waals surface area (Å²) in [5.41, 5.74) is 0. The number of aliphatic hydroxyl groups excluding tert-OH is 2. The predicted octanol–water partition coefficient (Wildman–Crippen LogP) is 8.27. The number of unbranched alkanes of at least 4 members (excludes halogenated alkanes) is 15. The lowest BCUT2D eigenvalue weighted by Crippen LogP contribution is -2.29. The Morgan fingerprint density at radius 1 is 0.652 bits per heavy atom. The van der Waals surface area contributed by atoms with Gasteiger partial charge in [0.2, 0.25) is 0 Å². The quantitative estimate of drug-likeness (QED) is 0.0268. The van der Waals surface area contributed by atoms with Crippen LogP contribution in [0.15, 0.2) is 24.3 Å². The molecule has 0 aromatic rings. The van der Waals surface area contributed by atoms with Crippen molar-refractivity contribution in [3.8, 4) is 0 Å². The van der Waals surface area contributed by atoms with Gasteiger partial charge in [-0.05, 0) is 44.9 Å². The lowest BCUT2D eigenvalue weighted by Gasteiger charge is -2.20. The topological polar surface area (TPSA) is 149 Å². The molecular formula is C35H65O10P. The molecule has 0 aliphatic rings. The summed E-state index contributed by atoms with van der Waals surface area (Å²) in [5, 5.41) is 18.2. The summed E-state index contributed by atoms with van der Waals surface area (Å²) in [6.07, 6.45) is 27.3. The summed E-state index contributed by atoms with van der Waals surface area (Å²) >= 11 is 0. The van der Waals surface area contributed by atoms with Crippen LogP contribution in [0.1, 0.15) is 149 Å². The van der Waals surface area contributed by atoms with Gasteiger partial charge in [0.05, 0.1) is 19.8 Å². The average molecular weight is 677 g/mol. The van der Waals surface area contributed by atoms with E-state index in [2.05, 4.69) is 42.7 Å². The van der Waals surface area contributed by atoms with Gasteiger partial charge < -0.3 is 24.6 Å². The highest BCUT2D eigenvalue weighted by Crippen LogP contribution is 2.43. The average Bonchev–Trinajstić information content (AvgIpc) is 3.04. The molecule has 0 aliphatic heterocycles. The van der Waals surface area contributed by atoms with Crippen molar-refractivity contribution in [3.63, 3.8) is 0 Å². The highest BCUT2D eigenvalue weighted by atomic mass is 31.2. The molecule has 0 aromatic carbocycles. The van der Waals surface area contributed by atoms with Gasteiger partial charge in [-0.3, -0.25) is 18.6 Å². The molecule has 0 radical (unpaired) electrons. The predicted molar refractivity (Wildman–Crippen MR) is 182 cm³/mol. The first kappa shape index (κ1) is 44.5. The Morgan fingerprint density at radius 3 is 1.72 bits per heavy atom. The maximum Gasteiger partial charge on any atom is 0.472 e. The SMILES string of the molecule is CCCCC/C=C/C/C=C/CCCCCCCC(=O)O[C@H](COC(=O)CCCCCCCCCC)COP(=O)(O)OC[C@@H](O)CO. The molecular weight excluding hydrogens is 611 g/mol. The molecule has 0 aromatic heterocycles. The molecule has 270 valence electrons. The van der Waals surface area contributed by atoms with Gasteiger partial charge in [0, 0.05) is 12.8 Å². The Balaban J connectivity index is 4.41. The van der Waals surface area contributed by atoms with Gasteiger partial charge >= 0.3 is 19.8 Å². The molecule has 10 nitrogen and oxygen atoms in total. The van der Waals surface area contributed by atoms with E-state index in [-0.39, 0.29) is 19.4 Å². The van der Waals surface area contributed by atoms with E-state index in [0.29, 0.717) is 12.8 Å². The second-order valence-electron chi connectivity index (χ2n) is 11.9. The largest absolute Gasteiger partial charge is 0.472 e. The highest BCUT2D eigenvalue weighted by Gasteiger charge is 2.27. The summed E-state index contributed by atoms with van der Waals surface area (Å²) in [6.45, 7) is 2.27. The van der Waals surface area contributed by atoms with Gasteiger partial charge in [0.25, 0.3) is 0 Å². The molecule has 0 spiro atoms. The standard InChI is InChI=1S/C35H65O10P/c1-3-5-7-9-11-13-14-15-16-17-18-19-21-23-25-27-35(39)45-33(31-44-46(40,41)43-29-32(37)28-36)30-42-34(38)26-24-22-20-12-10-8-6-4-2/h11,13,15-16,32-33,36-37H,3-10,12,14,17-31H2,1-2H3,(H,40,41)/b13-11+,16-15+/t32-,33+/m0/s1. The van der Waals surface area contributed by atoms with Crippen LogP contribution in [0.25, 0.3) is 0 Å². The Hall–Kier alpha value is -1.55. The second kappa shape index (κ2) is 32.0. The van der Waals surface area contributed by atoms with E-state index in [0.717, 1.165) is 64.2 Å². The van der Waals surface area contributed by atoms with Crippen LogP contribution in [-0.2, 0) is 32.7 Å². The zero-order valence-corrected chi connectivity index (χ0v) is 29.7. The molecule has 3 atom stereocenters. The zero-order chi connectivity index (χ0) is 34.1. The smallest absolute Gasteiger partial charge is 0.462 e. The molecule has 0 rings (SSSR count). The minimum absolute atomic E-state index is 0.170. The Bertz CT molecular complexity index is 832. The molecule has 11 heteroatoms. The summed E-state index contributed by atoms with van der Waals surface area (Å²) in [6, 6.07) is 0. The third-order valence-corrected chi connectivity index (χ3v) is 8.31. The summed E-state index contributed by atoms with van der Waals surface area (Å²) in [5.74, 6) is -0.946. The third kappa shape index (κ3) is 31.1. The maximum absolute atomic E-state index is 12.5. The number of hydrogen-bond donors (Lipinski definition) is 3. The van der Waals surface area contributed by atoms with Crippen LogP contribution in [0.2, 0.25) is 0 Å². The number of phosphoric ester groups is 1. The molecule has 0 heterocycles. The van der Waals surface area contributed by atoms with Crippen molar-refractivity contribution in [1.82, 2.24) is 0 Å². The molecule has 46 heavy (non-hydrogen) atoms. The van der Waals surface area contributed by atoms with Crippen LogP contribution in [0.3, 0.4) is 0 Å². The first-order valence-electron chi connectivity index (χ1n) is 17.8. The van der Waals surface area contributed by atoms with Crippen molar-refractivity contribution in [2.45, 2.75) is 161 Å². The third-order valence-electron chi connectivity index (χ3n) is 7.36. The maximum atomic E-state index is 12.5. The Kier molecular flexibility index (Phi) is 30.9. The molecule has 0 amide bonds. The fourth-order valence-corrected chi connectivity index (χ4v) is 5.34. The van der Waals surface area contributed by atoms with Crippen LogP contribution in [-0.4, -0.2) is 65.7 Å². The van der Waals surface area contributed by atoms with Crippen molar-refractivity contribution >= 4 is 19.8 Å². The summed E-state index contributed by atoms with van der Waals surface area (Å²) in [7, 11) is -4.60. The number of rotatable bonds is 33. The molecule has 0 aliphatic carbocycles. The number of carbonyl (C=O) groups is 2. The fraction of sp³-hybridized carbons (Fsp3) is 0.829.